The van der Waals surface area contributed by atoms with Crippen LogP contribution in [0, 0.1) is 17.8 Å². The van der Waals surface area contributed by atoms with E-state index < -0.39 is 17.9 Å². The summed E-state index contributed by atoms with van der Waals surface area (Å²) in [5.41, 5.74) is 0. The second-order valence-electron chi connectivity index (χ2n) is 5.04. The number of rotatable bonds is 9. The van der Waals surface area contributed by atoms with E-state index >= 15 is 0 Å². The van der Waals surface area contributed by atoms with Crippen LogP contribution in [0.15, 0.2) is 0 Å². The number of hydrogen-bond donors (Lipinski definition) is 3. The van der Waals surface area contributed by atoms with Gasteiger partial charge in [-0.3, -0.25) is 14.4 Å². The number of aliphatic carboxylic acids is 2. The number of carboxylic acid groups (broad SMARTS) is 2. The minimum absolute atomic E-state index is 0.0662. The van der Waals surface area contributed by atoms with Crippen LogP contribution in [-0.4, -0.2) is 34.6 Å². The average Bonchev–Trinajstić information content (AvgIpc) is 2.29. The molecule has 3 N–H and O–H groups in total. The van der Waals surface area contributed by atoms with Crippen molar-refractivity contribution in [1.82, 2.24) is 5.32 Å². The molecule has 0 heterocycles. The average molecular weight is 273 g/mol. The lowest BCUT2D eigenvalue weighted by atomic mass is 9.94. The summed E-state index contributed by atoms with van der Waals surface area (Å²) >= 11 is 0. The van der Waals surface area contributed by atoms with Crippen LogP contribution in [0.3, 0.4) is 0 Å². The van der Waals surface area contributed by atoms with Gasteiger partial charge in [0.1, 0.15) is 0 Å². The molecule has 6 heteroatoms. The fourth-order valence-electron chi connectivity index (χ4n) is 1.86. The van der Waals surface area contributed by atoms with E-state index in [1.54, 1.807) is 0 Å². The molecule has 0 aromatic heterocycles. The minimum atomic E-state index is -1.47. The highest BCUT2D eigenvalue weighted by Gasteiger charge is 2.26. The first kappa shape index (κ1) is 17.4. The summed E-state index contributed by atoms with van der Waals surface area (Å²) in [6, 6.07) is 0. The van der Waals surface area contributed by atoms with Gasteiger partial charge in [0.2, 0.25) is 5.91 Å². The number of carboxylic acids is 2. The van der Waals surface area contributed by atoms with Crippen LogP contribution >= 0.6 is 0 Å². The van der Waals surface area contributed by atoms with Crippen LogP contribution < -0.4 is 5.32 Å². The molecular formula is C13H23NO5. The third-order valence-electron chi connectivity index (χ3n) is 2.95. The summed E-state index contributed by atoms with van der Waals surface area (Å²) < 4.78 is 0. The minimum Gasteiger partial charge on any atom is -0.481 e. The first-order valence-electron chi connectivity index (χ1n) is 6.52. The monoisotopic (exact) mass is 273 g/mol. The molecule has 0 saturated heterocycles. The predicted octanol–water partition coefficient (Wildman–Crippen LogP) is 1.35. The molecule has 0 aliphatic heterocycles. The van der Waals surface area contributed by atoms with Gasteiger partial charge >= 0.3 is 11.9 Å². The zero-order valence-corrected chi connectivity index (χ0v) is 11.7. The molecule has 0 aliphatic carbocycles. The maximum atomic E-state index is 11.8. The Hall–Kier alpha value is -1.59. The van der Waals surface area contributed by atoms with Gasteiger partial charge in [-0.25, -0.2) is 0 Å². The van der Waals surface area contributed by atoms with Gasteiger partial charge in [-0.2, -0.15) is 0 Å². The lowest BCUT2D eigenvalue weighted by molar-refractivity contribution is -0.155. The Morgan fingerprint density at radius 1 is 1.11 bits per heavy atom. The second-order valence-corrected chi connectivity index (χ2v) is 5.04. The number of carbonyl (C=O) groups excluding carboxylic acids is 1. The van der Waals surface area contributed by atoms with Crippen molar-refractivity contribution in [3.05, 3.63) is 0 Å². The molecule has 0 aromatic carbocycles. The van der Waals surface area contributed by atoms with Crippen molar-refractivity contribution in [2.45, 2.75) is 40.0 Å². The van der Waals surface area contributed by atoms with Gasteiger partial charge in [-0.1, -0.05) is 20.8 Å². The normalized spacial score (nSPS) is 12.5. The molecule has 1 unspecified atom stereocenters. The Morgan fingerprint density at radius 3 is 2.00 bits per heavy atom. The number of nitrogens with one attached hydrogen (secondary N) is 1. The SMILES string of the molecule is CCC(CC(C)C)C(=O)NCCC(C(=O)O)C(=O)O. The van der Waals surface area contributed by atoms with Crippen LogP contribution in [0.4, 0.5) is 0 Å². The van der Waals surface area contributed by atoms with E-state index in [1.807, 2.05) is 20.8 Å². The number of hydrogen-bond acceptors (Lipinski definition) is 3. The largest absolute Gasteiger partial charge is 0.481 e. The summed E-state index contributed by atoms with van der Waals surface area (Å²) in [5, 5.41) is 20.0. The molecule has 19 heavy (non-hydrogen) atoms. The second kappa shape index (κ2) is 8.50. The Kier molecular flexibility index (Phi) is 7.79. The summed E-state index contributed by atoms with van der Waals surface area (Å²) in [6.45, 7) is 6.04. The van der Waals surface area contributed by atoms with Gasteiger partial charge in [0.15, 0.2) is 5.92 Å². The van der Waals surface area contributed by atoms with E-state index in [1.165, 1.54) is 0 Å². The fraction of sp³-hybridized carbons (Fsp3) is 0.769. The highest BCUT2D eigenvalue weighted by Crippen LogP contribution is 2.15. The summed E-state index contributed by atoms with van der Waals surface area (Å²) in [6.07, 6.45) is 1.38. The molecule has 110 valence electrons. The first-order valence-corrected chi connectivity index (χ1v) is 6.52. The van der Waals surface area contributed by atoms with Crippen molar-refractivity contribution in [2.75, 3.05) is 6.54 Å². The maximum Gasteiger partial charge on any atom is 0.317 e. The zero-order chi connectivity index (χ0) is 15.0. The lowest BCUT2D eigenvalue weighted by Gasteiger charge is -2.17. The molecule has 0 aromatic rings. The van der Waals surface area contributed by atoms with E-state index in [0.717, 1.165) is 6.42 Å². The Morgan fingerprint density at radius 2 is 1.63 bits per heavy atom. The highest BCUT2D eigenvalue weighted by molar-refractivity contribution is 5.92. The van der Waals surface area contributed by atoms with Gasteiger partial charge in [0, 0.05) is 12.5 Å². The molecule has 0 radical (unpaired) electrons. The van der Waals surface area contributed by atoms with Gasteiger partial charge in [-0.15, -0.1) is 0 Å². The molecule has 0 rings (SSSR count). The molecule has 0 aliphatic rings. The van der Waals surface area contributed by atoms with Crippen LogP contribution in [0.5, 0.6) is 0 Å². The van der Waals surface area contributed by atoms with Crippen molar-refractivity contribution < 1.29 is 24.6 Å². The molecule has 0 saturated carbocycles. The van der Waals surface area contributed by atoms with Crippen molar-refractivity contribution in [2.24, 2.45) is 17.8 Å². The van der Waals surface area contributed by atoms with Crippen molar-refractivity contribution >= 4 is 17.8 Å². The van der Waals surface area contributed by atoms with Gasteiger partial charge < -0.3 is 15.5 Å². The van der Waals surface area contributed by atoms with Gasteiger partial charge in [0.05, 0.1) is 0 Å². The van der Waals surface area contributed by atoms with E-state index in [9.17, 15) is 14.4 Å². The van der Waals surface area contributed by atoms with Crippen LogP contribution in [0.2, 0.25) is 0 Å². The zero-order valence-electron chi connectivity index (χ0n) is 11.7. The van der Waals surface area contributed by atoms with Crippen molar-refractivity contribution in [3.63, 3.8) is 0 Å². The summed E-state index contributed by atoms with van der Waals surface area (Å²) in [4.78, 5) is 33.1. The highest BCUT2D eigenvalue weighted by atomic mass is 16.4. The van der Waals surface area contributed by atoms with Gasteiger partial charge in [-0.05, 0) is 25.2 Å². The molecule has 1 amide bonds. The quantitative estimate of drug-likeness (QED) is 0.550. The van der Waals surface area contributed by atoms with Crippen LogP contribution in [0.1, 0.15) is 40.0 Å². The van der Waals surface area contributed by atoms with Crippen LogP contribution in [0.25, 0.3) is 0 Å². The molecule has 0 spiro atoms. The summed E-state index contributed by atoms with van der Waals surface area (Å²) in [7, 11) is 0. The van der Waals surface area contributed by atoms with E-state index in [0.29, 0.717) is 12.3 Å². The first-order chi connectivity index (χ1) is 8.79. The number of carbonyl (C=O) groups is 3. The molecule has 1 atom stereocenters. The van der Waals surface area contributed by atoms with Crippen molar-refractivity contribution in [1.29, 1.82) is 0 Å². The third kappa shape index (κ3) is 6.79. The van der Waals surface area contributed by atoms with E-state index in [2.05, 4.69) is 5.32 Å². The predicted molar refractivity (Wildman–Crippen MR) is 69.6 cm³/mol. The lowest BCUT2D eigenvalue weighted by Crippen LogP contribution is -2.35. The molecular weight excluding hydrogens is 250 g/mol. The standard InChI is InChI=1S/C13H23NO5/c1-4-9(7-8(2)3)11(15)14-6-5-10(12(16)17)13(18)19/h8-10H,4-7H2,1-3H3,(H,14,15)(H,16,17)(H,18,19). The number of amides is 1. The topological polar surface area (TPSA) is 104 Å². The van der Waals surface area contributed by atoms with Gasteiger partial charge in [0.25, 0.3) is 0 Å². The Bertz CT molecular complexity index is 313. The molecule has 0 bridgehead atoms. The third-order valence-corrected chi connectivity index (χ3v) is 2.95. The van der Waals surface area contributed by atoms with Crippen molar-refractivity contribution in [3.8, 4) is 0 Å². The summed E-state index contributed by atoms with van der Waals surface area (Å²) in [5.74, 6) is -4.06. The fourth-order valence-corrected chi connectivity index (χ4v) is 1.86. The maximum absolute atomic E-state index is 11.8. The molecule has 0 fully saturated rings. The smallest absolute Gasteiger partial charge is 0.317 e. The van der Waals surface area contributed by atoms with E-state index in [-0.39, 0.29) is 24.8 Å². The molecule has 6 nitrogen and oxygen atoms in total. The van der Waals surface area contributed by atoms with E-state index in [4.69, 9.17) is 10.2 Å². The van der Waals surface area contributed by atoms with Crippen LogP contribution in [-0.2, 0) is 14.4 Å². The Labute approximate surface area is 113 Å². The Balaban J connectivity index is 4.21.